The van der Waals surface area contributed by atoms with E-state index in [0.717, 1.165) is 24.2 Å². The van der Waals surface area contributed by atoms with Gasteiger partial charge in [-0.2, -0.15) is 0 Å². The highest BCUT2D eigenvalue weighted by molar-refractivity contribution is 5.83. The van der Waals surface area contributed by atoms with Crippen LogP contribution in [0.25, 0.3) is 0 Å². The Morgan fingerprint density at radius 1 is 1.27 bits per heavy atom. The van der Waals surface area contributed by atoms with Gasteiger partial charge >= 0.3 is 5.97 Å². The Morgan fingerprint density at radius 2 is 1.95 bits per heavy atom. The zero-order valence-corrected chi connectivity index (χ0v) is 13.1. The molecule has 5 nitrogen and oxygen atoms in total. The van der Waals surface area contributed by atoms with Crippen molar-refractivity contribution >= 4 is 11.9 Å². The molecule has 0 spiro atoms. The maximum atomic E-state index is 12.5. The van der Waals surface area contributed by atoms with E-state index in [-0.39, 0.29) is 24.2 Å². The molecule has 1 aromatic rings. The number of carboxylic acids is 1. The van der Waals surface area contributed by atoms with Crippen molar-refractivity contribution in [1.82, 2.24) is 4.90 Å². The van der Waals surface area contributed by atoms with Crippen LogP contribution < -0.4 is 4.74 Å². The highest BCUT2D eigenvalue weighted by Crippen LogP contribution is 2.48. The first-order valence-electron chi connectivity index (χ1n) is 7.71. The van der Waals surface area contributed by atoms with Gasteiger partial charge in [-0.3, -0.25) is 9.59 Å². The number of benzene rings is 1. The van der Waals surface area contributed by atoms with Crippen LogP contribution in [0.4, 0.5) is 0 Å². The molecular formula is C17H23NO4. The number of nitrogens with zero attached hydrogens (tertiary/aromatic N) is 1. The number of carboxylic acid groups (broad SMARTS) is 1. The Labute approximate surface area is 130 Å². The Balaban J connectivity index is 1.95. The van der Waals surface area contributed by atoms with Gasteiger partial charge in [-0.25, -0.2) is 0 Å². The number of methoxy groups -OCH3 is 1. The fourth-order valence-corrected chi connectivity index (χ4v) is 2.75. The van der Waals surface area contributed by atoms with Crippen LogP contribution in [0.2, 0.25) is 0 Å². The summed E-state index contributed by atoms with van der Waals surface area (Å²) in [6.07, 6.45) is 1.69. The molecule has 1 aliphatic carbocycles. The smallest absolute Gasteiger partial charge is 0.305 e. The molecular weight excluding hydrogens is 282 g/mol. The van der Waals surface area contributed by atoms with Gasteiger partial charge in [0.1, 0.15) is 5.75 Å². The second-order valence-electron chi connectivity index (χ2n) is 5.69. The molecule has 0 radical (unpaired) electrons. The zero-order valence-electron chi connectivity index (χ0n) is 13.1. The molecule has 0 bridgehead atoms. The summed E-state index contributed by atoms with van der Waals surface area (Å²) in [6, 6.07) is 7.81. The number of carbonyl (C=O) groups is 2. The third-order valence-electron chi connectivity index (χ3n) is 4.05. The van der Waals surface area contributed by atoms with E-state index in [9.17, 15) is 9.59 Å². The number of carbonyl (C=O) groups excluding carboxylic acids is 1. The van der Waals surface area contributed by atoms with Crippen molar-refractivity contribution in [2.45, 2.75) is 32.1 Å². The first-order chi connectivity index (χ1) is 10.6. The van der Waals surface area contributed by atoms with E-state index >= 15 is 0 Å². The Kier molecular flexibility index (Phi) is 5.41. The van der Waals surface area contributed by atoms with Crippen LogP contribution in [0.1, 0.15) is 37.7 Å². The van der Waals surface area contributed by atoms with Crippen molar-refractivity contribution in [3.63, 3.8) is 0 Å². The van der Waals surface area contributed by atoms with Gasteiger partial charge in [-0.05, 0) is 36.5 Å². The number of hydrogen-bond donors (Lipinski definition) is 1. The minimum Gasteiger partial charge on any atom is -0.497 e. The molecule has 1 aromatic carbocycles. The van der Waals surface area contributed by atoms with Gasteiger partial charge in [0.05, 0.1) is 13.5 Å². The molecule has 1 fully saturated rings. The van der Waals surface area contributed by atoms with Crippen molar-refractivity contribution in [2.75, 3.05) is 20.2 Å². The third kappa shape index (κ3) is 4.00. The summed E-state index contributed by atoms with van der Waals surface area (Å²) in [4.78, 5) is 24.9. The molecule has 0 aromatic heterocycles. The summed E-state index contributed by atoms with van der Waals surface area (Å²) >= 11 is 0. The van der Waals surface area contributed by atoms with Gasteiger partial charge in [-0.15, -0.1) is 0 Å². The summed E-state index contributed by atoms with van der Waals surface area (Å²) in [5, 5.41) is 8.80. The second kappa shape index (κ2) is 7.29. The van der Waals surface area contributed by atoms with Gasteiger partial charge in [0.2, 0.25) is 5.91 Å². The second-order valence-corrected chi connectivity index (χ2v) is 5.69. The van der Waals surface area contributed by atoms with Crippen LogP contribution in [-0.2, 0) is 9.59 Å². The molecule has 0 heterocycles. The van der Waals surface area contributed by atoms with Crippen LogP contribution in [0.3, 0.4) is 0 Å². The normalized spacial score (nSPS) is 19.5. The Morgan fingerprint density at radius 3 is 2.50 bits per heavy atom. The fraction of sp³-hybridized carbons (Fsp3) is 0.529. The number of amides is 1. The topological polar surface area (TPSA) is 66.8 Å². The Bertz CT molecular complexity index is 526. The van der Waals surface area contributed by atoms with Crippen LogP contribution in [0.5, 0.6) is 5.75 Å². The lowest BCUT2D eigenvalue weighted by molar-refractivity contribution is -0.138. The van der Waals surface area contributed by atoms with Gasteiger partial charge in [0.15, 0.2) is 0 Å². The largest absolute Gasteiger partial charge is 0.497 e. The van der Waals surface area contributed by atoms with Gasteiger partial charge in [0.25, 0.3) is 0 Å². The third-order valence-corrected chi connectivity index (χ3v) is 4.05. The summed E-state index contributed by atoms with van der Waals surface area (Å²) in [5.74, 6) is 0.276. The summed E-state index contributed by atoms with van der Waals surface area (Å²) in [7, 11) is 1.63. The molecule has 22 heavy (non-hydrogen) atoms. The van der Waals surface area contributed by atoms with E-state index in [4.69, 9.17) is 9.84 Å². The van der Waals surface area contributed by atoms with Gasteiger partial charge in [0, 0.05) is 19.0 Å². The maximum Gasteiger partial charge on any atom is 0.305 e. The van der Waals surface area contributed by atoms with Crippen LogP contribution in [0.15, 0.2) is 24.3 Å². The minimum atomic E-state index is -0.864. The van der Waals surface area contributed by atoms with Crippen LogP contribution >= 0.6 is 0 Å². The predicted molar refractivity (Wildman–Crippen MR) is 83.0 cm³/mol. The standard InChI is InChI=1S/C17H23NO4/c1-3-9-18(10-8-16(19)20)17(21)15-11-14(15)12-4-6-13(22-2)7-5-12/h4-7,14-15H,3,8-11H2,1-2H3,(H,19,20). The highest BCUT2D eigenvalue weighted by atomic mass is 16.5. The van der Waals surface area contributed by atoms with E-state index in [1.54, 1.807) is 12.0 Å². The summed E-state index contributed by atoms with van der Waals surface area (Å²) in [5.41, 5.74) is 1.15. The van der Waals surface area contributed by atoms with Crippen molar-refractivity contribution in [1.29, 1.82) is 0 Å². The summed E-state index contributed by atoms with van der Waals surface area (Å²) in [6.45, 7) is 2.92. The minimum absolute atomic E-state index is 0.00562. The van der Waals surface area contributed by atoms with Crippen molar-refractivity contribution < 1.29 is 19.4 Å². The number of hydrogen-bond acceptors (Lipinski definition) is 3. The average molecular weight is 305 g/mol. The van der Waals surface area contributed by atoms with E-state index in [1.807, 2.05) is 31.2 Å². The Hall–Kier alpha value is -2.04. The molecule has 120 valence electrons. The number of aliphatic carboxylic acids is 1. The highest BCUT2D eigenvalue weighted by Gasteiger charge is 2.45. The molecule has 0 aliphatic heterocycles. The number of ether oxygens (including phenoxy) is 1. The van der Waals surface area contributed by atoms with Crippen molar-refractivity contribution in [3.8, 4) is 5.75 Å². The average Bonchev–Trinajstić information content (AvgIpc) is 3.31. The molecule has 1 saturated carbocycles. The van der Waals surface area contributed by atoms with Gasteiger partial charge < -0.3 is 14.7 Å². The predicted octanol–water partition coefficient (Wildman–Crippen LogP) is 2.51. The van der Waals surface area contributed by atoms with E-state index in [2.05, 4.69) is 0 Å². The van der Waals surface area contributed by atoms with E-state index < -0.39 is 5.97 Å². The quantitative estimate of drug-likeness (QED) is 0.801. The first kappa shape index (κ1) is 16.3. The molecule has 1 aliphatic rings. The molecule has 2 atom stereocenters. The molecule has 5 heteroatoms. The van der Waals surface area contributed by atoms with Gasteiger partial charge in [-0.1, -0.05) is 19.1 Å². The first-order valence-corrected chi connectivity index (χ1v) is 7.71. The molecule has 0 saturated heterocycles. The van der Waals surface area contributed by atoms with Crippen molar-refractivity contribution in [2.24, 2.45) is 5.92 Å². The van der Waals surface area contributed by atoms with E-state index in [1.165, 1.54) is 0 Å². The SMILES string of the molecule is CCCN(CCC(=O)O)C(=O)C1CC1c1ccc(OC)cc1. The number of rotatable bonds is 8. The molecule has 2 rings (SSSR count). The lowest BCUT2D eigenvalue weighted by atomic mass is 10.1. The lowest BCUT2D eigenvalue weighted by Gasteiger charge is -2.21. The monoisotopic (exact) mass is 305 g/mol. The fourth-order valence-electron chi connectivity index (χ4n) is 2.75. The van der Waals surface area contributed by atoms with Crippen molar-refractivity contribution in [3.05, 3.63) is 29.8 Å². The van der Waals surface area contributed by atoms with Crippen LogP contribution in [-0.4, -0.2) is 42.1 Å². The maximum absolute atomic E-state index is 12.5. The van der Waals surface area contributed by atoms with E-state index in [0.29, 0.717) is 13.1 Å². The van der Waals surface area contributed by atoms with Crippen LogP contribution in [0, 0.1) is 5.92 Å². The summed E-state index contributed by atoms with van der Waals surface area (Å²) < 4.78 is 5.14. The molecule has 1 amide bonds. The molecule has 2 unspecified atom stereocenters. The molecule has 1 N–H and O–H groups in total. The lowest BCUT2D eigenvalue weighted by Crippen LogP contribution is -2.35. The zero-order chi connectivity index (χ0) is 16.1.